The molecule has 0 unspecified atom stereocenters. The summed E-state index contributed by atoms with van der Waals surface area (Å²) in [6.45, 7) is 0.817. The van der Waals surface area contributed by atoms with Crippen LogP contribution in [-0.4, -0.2) is 11.5 Å². The highest BCUT2D eigenvalue weighted by Crippen LogP contribution is 2.22. The lowest BCUT2D eigenvalue weighted by Crippen LogP contribution is -2.03. The van der Waals surface area contributed by atoms with E-state index in [4.69, 9.17) is 18.0 Å². The van der Waals surface area contributed by atoms with Crippen molar-refractivity contribution >= 4 is 33.3 Å². The largest absolute Gasteiger partial charge is 0.369 e. The molecule has 0 radical (unpaired) electrons. The maximum Gasteiger partial charge on any atom is 0.140 e. The number of rotatable bonds is 4. The van der Waals surface area contributed by atoms with Crippen molar-refractivity contribution in [1.82, 2.24) is 4.98 Å². The zero-order chi connectivity index (χ0) is 10.4. The van der Waals surface area contributed by atoms with Crippen LogP contribution in [0.2, 0.25) is 5.02 Å². The lowest BCUT2D eigenvalue weighted by atomic mass is 10.3. The molecule has 1 aromatic heterocycles. The Morgan fingerprint density at radius 2 is 2.43 bits per heavy atom. The van der Waals surface area contributed by atoms with Crippen molar-refractivity contribution in [3.05, 3.63) is 21.8 Å². The molecular weight excluding hydrogens is 263 g/mol. The first-order valence-electron chi connectivity index (χ1n) is 4.22. The summed E-state index contributed by atoms with van der Waals surface area (Å²) in [4.78, 5) is 4.13. The number of nitrogens with zero attached hydrogens (tertiary/aromatic N) is 1. The minimum Gasteiger partial charge on any atom is -0.369 e. The van der Waals surface area contributed by atoms with Crippen molar-refractivity contribution in [3.63, 3.8) is 0 Å². The number of aromatic nitrogens is 1. The van der Waals surface area contributed by atoms with Crippen LogP contribution in [0, 0.1) is 12.3 Å². The lowest BCUT2D eigenvalue weighted by molar-refractivity contribution is 0.900. The summed E-state index contributed by atoms with van der Waals surface area (Å²) in [6, 6.07) is 1.80. The number of nitrogens with one attached hydrogen (secondary N) is 1. The van der Waals surface area contributed by atoms with Gasteiger partial charge in [0.25, 0.3) is 0 Å². The SMILES string of the molecule is C#CCCCNc1ncc(Cl)cc1Br. The second-order valence-electron chi connectivity index (χ2n) is 2.72. The third kappa shape index (κ3) is 3.57. The van der Waals surface area contributed by atoms with Crippen LogP contribution in [0.5, 0.6) is 0 Å². The zero-order valence-electron chi connectivity index (χ0n) is 7.56. The summed E-state index contributed by atoms with van der Waals surface area (Å²) in [5, 5.41) is 3.78. The zero-order valence-corrected chi connectivity index (χ0v) is 9.90. The molecule has 0 fully saturated rings. The van der Waals surface area contributed by atoms with Crippen LogP contribution >= 0.6 is 27.5 Å². The van der Waals surface area contributed by atoms with E-state index < -0.39 is 0 Å². The molecule has 0 aliphatic carbocycles. The molecule has 4 heteroatoms. The number of unbranched alkanes of at least 4 members (excludes halogenated alkanes) is 1. The second-order valence-corrected chi connectivity index (χ2v) is 4.01. The maximum absolute atomic E-state index is 5.75. The van der Waals surface area contributed by atoms with Gasteiger partial charge in [-0.15, -0.1) is 12.3 Å². The molecule has 0 saturated carbocycles. The maximum atomic E-state index is 5.75. The molecule has 1 aromatic rings. The van der Waals surface area contributed by atoms with Gasteiger partial charge in [0.1, 0.15) is 5.82 Å². The van der Waals surface area contributed by atoms with Crippen molar-refractivity contribution in [2.75, 3.05) is 11.9 Å². The topological polar surface area (TPSA) is 24.9 Å². The van der Waals surface area contributed by atoms with Crippen LogP contribution in [0.15, 0.2) is 16.7 Å². The van der Waals surface area contributed by atoms with Gasteiger partial charge in [-0.05, 0) is 28.4 Å². The van der Waals surface area contributed by atoms with Crippen LogP contribution < -0.4 is 5.32 Å². The summed E-state index contributed by atoms with van der Waals surface area (Å²) in [5.41, 5.74) is 0. The highest BCUT2D eigenvalue weighted by Gasteiger charge is 2.00. The van der Waals surface area contributed by atoms with Crippen molar-refractivity contribution < 1.29 is 0 Å². The van der Waals surface area contributed by atoms with Crippen molar-refractivity contribution in [2.24, 2.45) is 0 Å². The first-order valence-corrected chi connectivity index (χ1v) is 5.39. The Hall–Kier alpha value is -0.720. The fourth-order valence-electron chi connectivity index (χ4n) is 0.942. The third-order valence-corrected chi connectivity index (χ3v) is 2.41. The molecule has 2 nitrogen and oxygen atoms in total. The Balaban J connectivity index is 2.47. The molecule has 0 amide bonds. The summed E-state index contributed by atoms with van der Waals surface area (Å²) in [7, 11) is 0. The third-order valence-electron chi connectivity index (χ3n) is 1.60. The van der Waals surface area contributed by atoms with Gasteiger partial charge in [0.15, 0.2) is 0 Å². The smallest absolute Gasteiger partial charge is 0.140 e. The van der Waals surface area contributed by atoms with E-state index in [0.29, 0.717) is 5.02 Å². The molecule has 0 aliphatic rings. The van der Waals surface area contributed by atoms with E-state index in [0.717, 1.165) is 29.7 Å². The Morgan fingerprint density at radius 3 is 3.07 bits per heavy atom. The van der Waals surface area contributed by atoms with E-state index in [1.807, 2.05) is 0 Å². The van der Waals surface area contributed by atoms with Gasteiger partial charge in [-0.2, -0.15) is 0 Å². The number of halogens is 2. The molecule has 0 spiro atoms. The van der Waals surface area contributed by atoms with Gasteiger partial charge in [-0.3, -0.25) is 0 Å². The molecule has 1 rings (SSSR count). The van der Waals surface area contributed by atoms with E-state index in [2.05, 4.69) is 32.2 Å². The van der Waals surface area contributed by atoms with Crippen LogP contribution in [0.1, 0.15) is 12.8 Å². The molecule has 0 aromatic carbocycles. The van der Waals surface area contributed by atoms with Gasteiger partial charge < -0.3 is 5.32 Å². The predicted octanol–water partition coefficient (Wildman–Crippen LogP) is 3.32. The average molecular weight is 274 g/mol. The molecule has 0 bridgehead atoms. The van der Waals surface area contributed by atoms with Gasteiger partial charge in [-0.1, -0.05) is 11.6 Å². The summed E-state index contributed by atoms with van der Waals surface area (Å²) >= 11 is 9.12. The highest BCUT2D eigenvalue weighted by atomic mass is 79.9. The van der Waals surface area contributed by atoms with Crippen LogP contribution in [0.3, 0.4) is 0 Å². The van der Waals surface area contributed by atoms with Crippen LogP contribution in [-0.2, 0) is 0 Å². The quantitative estimate of drug-likeness (QED) is 0.672. The molecular formula is C10H10BrClN2. The van der Waals surface area contributed by atoms with Crippen LogP contribution in [0.25, 0.3) is 0 Å². The Morgan fingerprint density at radius 1 is 1.64 bits per heavy atom. The fraction of sp³-hybridized carbons (Fsp3) is 0.300. The van der Waals surface area contributed by atoms with Gasteiger partial charge >= 0.3 is 0 Å². The monoisotopic (exact) mass is 272 g/mol. The summed E-state index contributed by atoms with van der Waals surface area (Å²) < 4.78 is 0.866. The molecule has 0 atom stereocenters. The molecule has 74 valence electrons. The molecule has 0 saturated heterocycles. The fourth-order valence-corrected chi connectivity index (χ4v) is 1.72. The van der Waals surface area contributed by atoms with Crippen molar-refractivity contribution in [1.29, 1.82) is 0 Å². The first-order chi connectivity index (χ1) is 6.74. The van der Waals surface area contributed by atoms with E-state index >= 15 is 0 Å². The molecule has 1 heterocycles. The lowest BCUT2D eigenvalue weighted by Gasteiger charge is -2.06. The average Bonchev–Trinajstić information content (AvgIpc) is 2.15. The van der Waals surface area contributed by atoms with E-state index in [1.54, 1.807) is 12.3 Å². The normalized spacial score (nSPS) is 9.50. The second kappa shape index (κ2) is 5.90. The summed E-state index contributed by atoms with van der Waals surface area (Å²) in [6.07, 6.45) is 8.46. The molecule has 0 aliphatic heterocycles. The predicted molar refractivity (Wildman–Crippen MR) is 63.5 cm³/mol. The van der Waals surface area contributed by atoms with Gasteiger partial charge in [0, 0.05) is 19.2 Å². The summed E-state index contributed by atoms with van der Waals surface area (Å²) in [5.74, 6) is 3.38. The standard InChI is InChI=1S/C10H10BrClN2/c1-2-3-4-5-13-10-9(11)6-8(12)7-14-10/h1,6-7H,3-5H2,(H,13,14). The molecule has 14 heavy (non-hydrogen) atoms. The van der Waals surface area contributed by atoms with E-state index in [1.165, 1.54) is 0 Å². The van der Waals surface area contributed by atoms with Gasteiger partial charge in [0.05, 0.1) is 9.50 Å². The Labute approximate surface area is 97.2 Å². The first kappa shape index (κ1) is 11.4. The number of hydrogen-bond acceptors (Lipinski definition) is 2. The van der Waals surface area contributed by atoms with E-state index in [9.17, 15) is 0 Å². The number of terminal acetylenes is 1. The van der Waals surface area contributed by atoms with Crippen LogP contribution in [0.4, 0.5) is 5.82 Å². The molecule has 1 N–H and O–H groups in total. The van der Waals surface area contributed by atoms with Crippen molar-refractivity contribution in [2.45, 2.75) is 12.8 Å². The number of pyridine rings is 1. The van der Waals surface area contributed by atoms with Crippen molar-refractivity contribution in [3.8, 4) is 12.3 Å². The Bertz CT molecular complexity index is 346. The minimum absolute atomic E-state index is 0.617. The number of hydrogen-bond donors (Lipinski definition) is 1. The van der Waals surface area contributed by atoms with E-state index in [-0.39, 0.29) is 0 Å². The Kier molecular flexibility index (Phi) is 4.78. The highest BCUT2D eigenvalue weighted by molar-refractivity contribution is 9.10. The minimum atomic E-state index is 0.617. The van der Waals surface area contributed by atoms with Gasteiger partial charge in [0.2, 0.25) is 0 Å². The number of anilines is 1. The van der Waals surface area contributed by atoms with Gasteiger partial charge in [-0.25, -0.2) is 4.98 Å².